The lowest BCUT2D eigenvalue weighted by molar-refractivity contribution is -0.189. The first-order valence-electron chi connectivity index (χ1n) is 10.2. The Kier molecular flexibility index (Phi) is 8.11. The Hall–Kier alpha value is -0.0400. The molecule has 1 saturated heterocycles. The Morgan fingerprint density at radius 3 is 1.43 bits per heavy atom. The van der Waals surface area contributed by atoms with Crippen LogP contribution in [0.25, 0.3) is 0 Å². The minimum absolute atomic E-state index is 0.426. The third-order valence-corrected chi connectivity index (χ3v) is 5.77. The molecule has 5 atom stereocenters. The lowest BCUT2D eigenvalue weighted by atomic mass is 9.61. The molecule has 1 fully saturated rings. The van der Waals surface area contributed by atoms with Gasteiger partial charge in [-0.15, -0.1) is 0 Å². The van der Waals surface area contributed by atoms with Crippen molar-refractivity contribution >= 4 is 0 Å². The Balaban J connectivity index is 3.22. The molecule has 1 aliphatic rings. The lowest BCUT2D eigenvalue weighted by Gasteiger charge is -2.53. The van der Waals surface area contributed by atoms with E-state index in [0.29, 0.717) is 35.9 Å². The highest BCUT2D eigenvalue weighted by molar-refractivity contribution is 4.95. The molecule has 0 aliphatic carbocycles. The van der Waals surface area contributed by atoms with Crippen LogP contribution < -0.4 is 0 Å². The van der Waals surface area contributed by atoms with Crippen LogP contribution in [0.4, 0.5) is 0 Å². The average Bonchev–Trinajstić information content (AvgIpc) is 2.37. The molecular weight excluding hydrogens is 280 g/mol. The predicted molar refractivity (Wildman–Crippen MR) is 103 cm³/mol. The van der Waals surface area contributed by atoms with Gasteiger partial charge in [0, 0.05) is 0 Å². The maximum absolute atomic E-state index is 6.83. The summed E-state index contributed by atoms with van der Waals surface area (Å²) in [5.74, 6) is 5.73. The van der Waals surface area contributed by atoms with Gasteiger partial charge in [0.15, 0.2) is 0 Å². The maximum Gasteiger partial charge on any atom is 0.0635 e. The predicted octanol–water partition coefficient (Wildman–Crippen LogP) is 6.66. The van der Waals surface area contributed by atoms with Gasteiger partial charge in [0.25, 0.3) is 0 Å². The van der Waals surface area contributed by atoms with Gasteiger partial charge in [-0.3, -0.25) is 0 Å². The number of ether oxygens (including phenoxy) is 1. The van der Waals surface area contributed by atoms with Crippen molar-refractivity contribution in [2.24, 2.45) is 47.3 Å². The Bertz CT molecular complexity index is 329. The summed E-state index contributed by atoms with van der Waals surface area (Å²) in [4.78, 5) is 0. The minimum atomic E-state index is 0.426. The number of rotatable bonds is 7. The van der Waals surface area contributed by atoms with Gasteiger partial charge in [-0.05, 0) is 60.2 Å². The quantitative estimate of drug-likeness (QED) is 0.508. The molecule has 0 amide bonds. The molecule has 0 saturated carbocycles. The van der Waals surface area contributed by atoms with Crippen LogP contribution in [0.2, 0.25) is 0 Å². The maximum atomic E-state index is 6.83. The van der Waals surface area contributed by atoms with Crippen LogP contribution in [0.3, 0.4) is 0 Å². The summed E-state index contributed by atoms with van der Waals surface area (Å²) in [6.07, 6.45) is 3.41. The van der Waals surface area contributed by atoms with Gasteiger partial charge in [-0.25, -0.2) is 0 Å². The molecular formula is C22H44O. The van der Waals surface area contributed by atoms with E-state index in [1.54, 1.807) is 0 Å². The first-order chi connectivity index (χ1) is 10.6. The summed E-state index contributed by atoms with van der Waals surface area (Å²) in [7, 11) is 0. The summed E-state index contributed by atoms with van der Waals surface area (Å²) in [6, 6.07) is 0. The summed E-state index contributed by atoms with van der Waals surface area (Å²) in [6.45, 7) is 23.9. The molecule has 5 unspecified atom stereocenters. The van der Waals surface area contributed by atoms with E-state index in [2.05, 4.69) is 69.2 Å². The highest BCUT2D eigenvalue weighted by Crippen LogP contribution is 2.48. The van der Waals surface area contributed by atoms with Crippen molar-refractivity contribution < 1.29 is 4.74 Å². The van der Waals surface area contributed by atoms with E-state index in [4.69, 9.17) is 4.74 Å². The Morgan fingerprint density at radius 1 is 0.609 bits per heavy atom. The van der Waals surface area contributed by atoms with Crippen LogP contribution in [0.15, 0.2) is 0 Å². The zero-order chi connectivity index (χ0) is 17.9. The van der Waals surface area contributed by atoms with Crippen LogP contribution in [0.5, 0.6) is 0 Å². The standard InChI is InChI=1S/C22H44O/c1-13(2)11-18-19(12-14(3)4)23-22(17(9)10)21(16(7)8)20(18)15(5)6/h13-22H,11-12H2,1-10H3. The van der Waals surface area contributed by atoms with E-state index in [1.165, 1.54) is 12.8 Å². The number of hydrogen-bond donors (Lipinski definition) is 0. The normalized spacial score (nSPS) is 32.7. The molecule has 1 heteroatoms. The van der Waals surface area contributed by atoms with Crippen LogP contribution in [-0.2, 0) is 4.74 Å². The van der Waals surface area contributed by atoms with Crippen molar-refractivity contribution in [3.8, 4) is 0 Å². The van der Waals surface area contributed by atoms with E-state index in [1.807, 2.05) is 0 Å². The fourth-order valence-corrected chi connectivity index (χ4v) is 5.06. The first kappa shape index (κ1) is 21.0. The molecule has 0 aromatic heterocycles. The van der Waals surface area contributed by atoms with E-state index in [9.17, 15) is 0 Å². The van der Waals surface area contributed by atoms with Gasteiger partial charge < -0.3 is 4.74 Å². The number of hydrogen-bond acceptors (Lipinski definition) is 1. The summed E-state index contributed by atoms with van der Waals surface area (Å²) in [5.41, 5.74) is 0. The monoisotopic (exact) mass is 324 g/mol. The third kappa shape index (κ3) is 5.48. The van der Waals surface area contributed by atoms with Crippen LogP contribution in [-0.4, -0.2) is 12.2 Å². The smallest absolute Gasteiger partial charge is 0.0635 e. The molecule has 138 valence electrons. The third-order valence-electron chi connectivity index (χ3n) is 5.77. The molecule has 0 aromatic rings. The van der Waals surface area contributed by atoms with Crippen molar-refractivity contribution in [2.45, 2.75) is 94.3 Å². The van der Waals surface area contributed by atoms with Gasteiger partial charge >= 0.3 is 0 Å². The van der Waals surface area contributed by atoms with Crippen molar-refractivity contribution in [3.05, 3.63) is 0 Å². The van der Waals surface area contributed by atoms with E-state index in [-0.39, 0.29) is 0 Å². The molecule has 1 heterocycles. The molecule has 0 bridgehead atoms. The second-order valence-corrected chi connectivity index (χ2v) is 9.95. The van der Waals surface area contributed by atoms with E-state index >= 15 is 0 Å². The van der Waals surface area contributed by atoms with E-state index < -0.39 is 0 Å². The van der Waals surface area contributed by atoms with Crippen molar-refractivity contribution in [1.82, 2.24) is 0 Å². The van der Waals surface area contributed by atoms with Gasteiger partial charge in [-0.2, -0.15) is 0 Å². The van der Waals surface area contributed by atoms with Gasteiger partial charge in [-0.1, -0.05) is 69.2 Å². The minimum Gasteiger partial charge on any atom is -0.374 e. The zero-order valence-corrected chi connectivity index (χ0v) is 17.6. The molecule has 0 aromatic carbocycles. The van der Waals surface area contributed by atoms with Crippen LogP contribution >= 0.6 is 0 Å². The Labute approximate surface area is 147 Å². The molecule has 1 nitrogen and oxygen atoms in total. The second-order valence-electron chi connectivity index (χ2n) is 9.95. The highest BCUT2D eigenvalue weighted by atomic mass is 16.5. The molecule has 0 N–H and O–H groups in total. The van der Waals surface area contributed by atoms with Gasteiger partial charge in [0.2, 0.25) is 0 Å². The lowest BCUT2D eigenvalue weighted by Crippen LogP contribution is -2.53. The summed E-state index contributed by atoms with van der Waals surface area (Å²) >= 11 is 0. The molecule has 0 spiro atoms. The SMILES string of the molecule is CC(C)CC1OC(C(C)C)C(C(C)C)C(C(C)C)C1CC(C)C. The summed E-state index contributed by atoms with van der Waals surface area (Å²) < 4.78 is 6.83. The van der Waals surface area contributed by atoms with E-state index in [0.717, 1.165) is 23.7 Å². The topological polar surface area (TPSA) is 9.23 Å². The van der Waals surface area contributed by atoms with Crippen molar-refractivity contribution in [1.29, 1.82) is 0 Å². The Morgan fingerprint density at radius 2 is 1.09 bits per heavy atom. The largest absolute Gasteiger partial charge is 0.374 e. The van der Waals surface area contributed by atoms with Crippen LogP contribution in [0, 0.1) is 47.3 Å². The zero-order valence-electron chi connectivity index (χ0n) is 17.6. The molecule has 1 aliphatic heterocycles. The first-order valence-corrected chi connectivity index (χ1v) is 10.2. The molecule has 0 radical (unpaired) electrons. The van der Waals surface area contributed by atoms with Crippen LogP contribution in [0.1, 0.15) is 82.1 Å². The highest BCUT2D eigenvalue weighted by Gasteiger charge is 2.48. The second kappa shape index (κ2) is 8.88. The van der Waals surface area contributed by atoms with Crippen molar-refractivity contribution in [2.75, 3.05) is 0 Å². The average molecular weight is 325 g/mol. The van der Waals surface area contributed by atoms with Crippen molar-refractivity contribution in [3.63, 3.8) is 0 Å². The van der Waals surface area contributed by atoms with Gasteiger partial charge in [0.05, 0.1) is 12.2 Å². The summed E-state index contributed by atoms with van der Waals surface area (Å²) in [5, 5.41) is 0. The molecule has 1 rings (SSSR count). The molecule has 23 heavy (non-hydrogen) atoms. The van der Waals surface area contributed by atoms with Gasteiger partial charge in [0.1, 0.15) is 0 Å². The fourth-order valence-electron chi connectivity index (χ4n) is 5.06. The fraction of sp³-hybridized carbons (Fsp3) is 1.00.